The van der Waals surface area contributed by atoms with Crippen LogP contribution in [0.1, 0.15) is 63.5 Å². The van der Waals surface area contributed by atoms with E-state index >= 15 is 0 Å². The number of hydrogen-bond donors (Lipinski definition) is 1. The molecule has 0 heterocycles. The van der Waals surface area contributed by atoms with Crippen LogP contribution in [0.3, 0.4) is 0 Å². The first-order valence-electron chi connectivity index (χ1n) is 7.27. The lowest BCUT2D eigenvalue weighted by atomic mass is 9.95. The van der Waals surface area contributed by atoms with E-state index in [0.717, 1.165) is 4.47 Å². The van der Waals surface area contributed by atoms with Gasteiger partial charge in [0.15, 0.2) is 0 Å². The first kappa shape index (κ1) is 14.1. The lowest BCUT2D eigenvalue weighted by Crippen LogP contribution is -2.32. The third-order valence-corrected chi connectivity index (χ3v) is 4.49. The van der Waals surface area contributed by atoms with Crippen LogP contribution in [-0.4, -0.2) is 6.04 Å². The predicted molar refractivity (Wildman–Crippen MR) is 81.8 cm³/mol. The molecule has 0 amide bonds. The number of benzene rings is 1. The summed E-state index contributed by atoms with van der Waals surface area (Å²) in [5.74, 6) is 0. The van der Waals surface area contributed by atoms with Crippen LogP contribution in [-0.2, 0) is 0 Å². The highest BCUT2D eigenvalue weighted by atomic mass is 79.9. The van der Waals surface area contributed by atoms with Gasteiger partial charge in [-0.2, -0.15) is 0 Å². The monoisotopic (exact) mass is 309 g/mol. The molecule has 2 heteroatoms. The topological polar surface area (TPSA) is 12.0 Å². The van der Waals surface area contributed by atoms with Crippen molar-refractivity contribution in [3.63, 3.8) is 0 Å². The summed E-state index contributed by atoms with van der Waals surface area (Å²) in [5, 5.41) is 3.81. The molecule has 1 N–H and O–H groups in total. The summed E-state index contributed by atoms with van der Waals surface area (Å²) in [6.45, 7) is 2.28. The van der Waals surface area contributed by atoms with Gasteiger partial charge in [0.1, 0.15) is 0 Å². The number of nitrogens with one attached hydrogen (secondary N) is 1. The van der Waals surface area contributed by atoms with E-state index in [4.69, 9.17) is 0 Å². The quantitative estimate of drug-likeness (QED) is 0.808. The minimum Gasteiger partial charge on any atom is -0.307 e. The van der Waals surface area contributed by atoms with E-state index in [1.54, 1.807) is 0 Å². The van der Waals surface area contributed by atoms with Crippen molar-refractivity contribution in [2.45, 2.75) is 64.0 Å². The molecule has 1 nitrogen and oxygen atoms in total. The zero-order chi connectivity index (χ0) is 12.8. The summed E-state index contributed by atoms with van der Waals surface area (Å²) >= 11 is 3.49. The fourth-order valence-corrected chi connectivity index (χ4v) is 3.09. The maximum absolute atomic E-state index is 3.81. The molecule has 1 saturated carbocycles. The molecule has 1 atom stereocenters. The highest BCUT2D eigenvalue weighted by Gasteiger charge is 2.14. The molecule has 0 aliphatic heterocycles. The standard InChI is InChI=1S/C16H24BrN/c1-13(14-9-11-15(17)12-10-14)18-16-7-5-3-2-4-6-8-16/h9-13,16,18H,2-8H2,1H3/t13-/m1/s1. The largest absolute Gasteiger partial charge is 0.307 e. The maximum atomic E-state index is 3.81. The molecule has 0 bridgehead atoms. The van der Waals surface area contributed by atoms with Gasteiger partial charge in [0.05, 0.1) is 0 Å². The summed E-state index contributed by atoms with van der Waals surface area (Å²) in [4.78, 5) is 0. The summed E-state index contributed by atoms with van der Waals surface area (Å²) in [5.41, 5.74) is 1.39. The fraction of sp³-hybridized carbons (Fsp3) is 0.625. The van der Waals surface area contributed by atoms with Crippen molar-refractivity contribution >= 4 is 15.9 Å². The molecule has 2 rings (SSSR count). The highest BCUT2D eigenvalue weighted by Crippen LogP contribution is 2.21. The molecular formula is C16H24BrN. The van der Waals surface area contributed by atoms with E-state index in [1.165, 1.54) is 50.5 Å². The molecule has 18 heavy (non-hydrogen) atoms. The van der Waals surface area contributed by atoms with Gasteiger partial charge in [0.2, 0.25) is 0 Å². The Morgan fingerprint density at radius 2 is 1.56 bits per heavy atom. The molecule has 100 valence electrons. The normalized spacial score (nSPS) is 20.1. The van der Waals surface area contributed by atoms with Gasteiger partial charge in [-0.05, 0) is 37.5 Å². The minimum atomic E-state index is 0.461. The zero-order valence-electron chi connectivity index (χ0n) is 11.3. The third kappa shape index (κ3) is 4.40. The second-order valence-electron chi connectivity index (χ2n) is 5.48. The van der Waals surface area contributed by atoms with Crippen LogP contribution in [0.25, 0.3) is 0 Å². The van der Waals surface area contributed by atoms with Crippen molar-refractivity contribution < 1.29 is 0 Å². The van der Waals surface area contributed by atoms with Gasteiger partial charge in [-0.1, -0.05) is 60.2 Å². The van der Waals surface area contributed by atoms with E-state index in [0.29, 0.717) is 12.1 Å². The van der Waals surface area contributed by atoms with E-state index in [-0.39, 0.29) is 0 Å². The van der Waals surface area contributed by atoms with Crippen LogP contribution in [0, 0.1) is 0 Å². The van der Waals surface area contributed by atoms with Gasteiger partial charge < -0.3 is 5.32 Å². The molecule has 0 aromatic heterocycles. The fourth-order valence-electron chi connectivity index (χ4n) is 2.82. The number of rotatable bonds is 3. The van der Waals surface area contributed by atoms with Crippen LogP contribution in [0.5, 0.6) is 0 Å². The van der Waals surface area contributed by atoms with Gasteiger partial charge in [0.25, 0.3) is 0 Å². The van der Waals surface area contributed by atoms with Crippen molar-refractivity contribution in [3.8, 4) is 0 Å². The van der Waals surface area contributed by atoms with Gasteiger partial charge in [-0.3, -0.25) is 0 Å². The minimum absolute atomic E-state index is 0.461. The SMILES string of the molecule is C[C@@H](NC1CCCCCCC1)c1ccc(Br)cc1. The average molecular weight is 310 g/mol. The Hall–Kier alpha value is -0.340. The lowest BCUT2D eigenvalue weighted by Gasteiger charge is -2.25. The molecule has 1 aromatic carbocycles. The van der Waals surface area contributed by atoms with E-state index in [2.05, 4.69) is 52.4 Å². The van der Waals surface area contributed by atoms with Crippen molar-refractivity contribution in [3.05, 3.63) is 34.3 Å². The third-order valence-electron chi connectivity index (χ3n) is 3.96. The molecule has 1 aliphatic carbocycles. The second kappa shape index (κ2) is 7.30. The molecule has 0 radical (unpaired) electrons. The molecule has 1 aliphatic rings. The Labute approximate surface area is 119 Å². The van der Waals surface area contributed by atoms with Crippen molar-refractivity contribution in [2.24, 2.45) is 0 Å². The van der Waals surface area contributed by atoms with Crippen LogP contribution >= 0.6 is 15.9 Å². The van der Waals surface area contributed by atoms with Crippen molar-refractivity contribution in [2.75, 3.05) is 0 Å². The van der Waals surface area contributed by atoms with Crippen molar-refractivity contribution in [1.29, 1.82) is 0 Å². The summed E-state index contributed by atoms with van der Waals surface area (Å²) in [6.07, 6.45) is 9.77. The first-order valence-corrected chi connectivity index (χ1v) is 8.06. The second-order valence-corrected chi connectivity index (χ2v) is 6.40. The smallest absolute Gasteiger partial charge is 0.0294 e. The van der Waals surface area contributed by atoms with E-state index in [9.17, 15) is 0 Å². The van der Waals surface area contributed by atoms with Gasteiger partial charge in [0, 0.05) is 16.6 Å². The van der Waals surface area contributed by atoms with Crippen LogP contribution in [0.4, 0.5) is 0 Å². The molecule has 1 fully saturated rings. The summed E-state index contributed by atoms with van der Waals surface area (Å²) < 4.78 is 1.16. The van der Waals surface area contributed by atoms with Crippen LogP contribution in [0.2, 0.25) is 0 Å². The Morgan fingerprint density at radius 1 is 1.00 bits per heavy atom. The van der Waals surface area contributed by atoms with Crippen LogP contribution in [0.15, 0.2) is 28.7 Å². The summed E-state index contributed by atoms with van der Waals surface area (Å²) in [7, 11) is 0. The predicted octanol–water partition coefficient (Wildman–Crippen LogP) is 5.21. The molecule has 0 spiro atoms. The lowest BCUT2D eigenvalue weighted by molar-refractivity contribution is 0.363. The van der Waals surface area contributed by atoms with Crippen molar-refractivity contribution in [1.82, 2.24) is 5.32 Å². The highest BCUT2D eigenvalue weighted by molar-refractivity contribution is 9.10. The Bertz CT molecular complexity index is 339. The maximum Gasteiger partial charge on any atom is 0.0294 e. The van der Waals surface area contributed by atoms with Gasteiger partial charge in [-0.25, -0.2) is 0 Å². The zero-order valence-corrected chi connectivity index (χ0v) is 12.9. The van der Waals surface area contributed by atoms with E-state index < -0.39 is 0 Å². The Morgan fingerprint density at radius 3 is 2.17 bits per heavy atom. The van der Waals surface area contributed by atoms with Gasteiger partial charge in [-0.15, -0.1) is 0 Å². The Balaban J connectivity index is 1.88. The molecule has 0 saturated heterocycles. The van der Waals surface area contributed by atoms with E-state index in [1.807, 2.05) is 0 Å². The summed E-state index contributed by atoms with van der Waals surface area (Å²) in [6, 6.07) is 9.86. The van der Waals surface area contributed by atoms with Crippen LogP contribution < -0.4 is 5.32 Å². The Kier molecular flexibility index (Phi) is 5.71. The molecular weight excluding hydrogens is 286 g/mol. The molecule has 1 aromatic rings. The first-order chi connectivity index (χ1) is 8.75. The number of halogens is 1. The number of hydrogen-bond acceptors (Lipinski definition) is 1. The molecule has 0 unspecified atom stereocenters. The average Bonchev–Trinajstić information content (AvgIpc) is 2.33. The van der Waals surface area contributed by atoms with Gasteiger partial charge >= 0.3 is 0 Å².